The number of hydrogen-bond donors (Lipinski definition) is 2. The summed E-state index contributed by atoms with van der Waals surface area (Å²) in [6.45, 7) is 6.43. The van der Waals surface area contributed by atoms with Crippen molar-refractivity contribution in [3.63, 3.8) is 0 Å². The Kier molecular flexibility index (Phi) is 5.04. The van der Waals surface area contributed by atoms with Crippen molar-refractivity contribution in [2.24, 2.45) is 5.73 Å². The number of aromatic nitrogens is 1. The Morgan fingerprint density at radius 3 is 2.57 bits per heavy atom. The minimum absolute atomic E-state index is 0.0233. The highest BCUT2D eigenvalue weighted by atomic mass is 32.1. The number of nitrogens with zero attached hydrogens (tertiary/aromatic N) is 2. The zero-order valence-electron chi connectivity index (χ0n) is 13.2. The molecule has 21 heavy (non-hydrogen) atoms. The Labute approximate surface area is 133 Å². The van der Waals surface area contributed by atoms with Crippen LogP contribution in [-0.4, -0.2) is 21.7 Å². The van der Waals surface area contributed by atoms with Crippen LogP contribution in [0, 0.1) is 0 Å². The van der Waals surface area contributed by atoms with Gasteiger partial charge in [-0.15, -0.1) is 0 Å². The van der Waals surface area contributed by atoms with Crippen LogP contribution in [0.15, 0.2) is 18.5 Å². The highest BCUT2D eigenvalue weighted by Crippen LogP contribution is 2.33. The highest BCUT2D eigenvalue weighted by molar-refractivity contribution is 7.80. The Bertz CT molecular complexity index is 489. The van der Waals surface area contributed by atoms with Crippen LogP contribution < -0.4 is 16.0 Å². The van der Waals surface area contributed by atoms with Crippen molar-refractivity contribution in [1.29, 1.82) is 0 Å². The van der Waals surface area contributed by atoms with Crippen LogP contribution in [0.2, 0.25) is 0 Å². The third-order valence-corrected chi connectivity index (χ3v) is 3.94. The molecule has 1 fully saturated rings. The number of hydrogen-bond acceptors (Lipinski definition) is 3. The van der Waals surface area contributed by atoms with Crippen molar-refractivity contribution in [3.05, 3.63) is 18.5 Å². The first-order valence-corrected chi connectivity index (χ1v) is 8.10. The molecule has 1 aliphatic carbocycles. The minimum atomic E-state index is -0.0233. The largest absolute Gasteiger partial charge is 0.379 e. The van der Waals surface area contributed by atoms with E-state index in [1.54, 1.807) is 6.20 Å². The lowest BCUT2D eigenvalue weighted by molar-refractivity contribution is 0.440. The molecule has 0 aliphatic heterocycles. The molecule has 0 atom stereocenters. The van der Waals surface area contributed by atoms with Crippen molar-refractivity contribution in [2.75, 3.05) is 10.2 Å². The fourth-order valence-electron chi connectivity index (χ4n) is 2.92. The predicted molar refractivity (Wildman–Crippen MR) is 93.8 cm³/mol. The first-order valence-electron chi connectivity index (χ1n) is 7.69. The third kappa shape index (κ3) is 4.30. The van der Waals surface area contributed by atoms with E-state index in [0.29, 0.717) is 11.2 Å². The highest BCUT2D eigenvalue weighted by Gasteiger charge is 2.26. The predicted octanol–water partition coefficient (Wildman–Crippen LogP) is 3.67. The van der Waals surface area contributed by atoms with Gasteiger partial charge in [-0.3, -0.25) is 4.98 Å². The molecule has 3 N–H and O–H groups in total. The molecule has 4 nitrogen and oxygen atoms in total. The second kappa shape index (κ2) is 6.60. The average molecular weight is 306 g/mol. The lowest BCUT2D eigenvalue weighted by Gasteiger charge is -2.36. The van der Waals surface area contributed by atoms with Crippen molar-refractivity contribution in [2.45, 2.75) is 64.5 Å². The van der Waals surface area contributed by atoms with E-state index in [1.807, 2.05) is 12.3 Å². The van der Waals surface area contributed by atoms with Gasteiger partial charge in [0.25, 0.3) is 0 Å². The second-order valence-corrected chi connectivity index (χ2v) is 7.19. The number of rotatable bonds is 3. The molecular weight excluding hydrogens is 280 g/mol. The van der Waals surface area contributed by atoms with Gasteiger partial charge in [-0.2, -0.15) is 0 Å². The van der Waals surface area contributed by atoms with Crippen molar-refractivity contribution < 1.29 is 0 Å². The van der Waals surface area contributed by atoms with Crippen LogP contribution in [0.1, 0.15) is 52.9 Å². The fraction of sp³-hybridized carbons (Fsp3) is 0.625. The summed E-state index contributed by atoms with van der Waals surface area (Å²) >= 11 is 5.33. The maximum Gasteiger partial charge on any atom is 0.171 e. The lowest BCUT2D eigenvalue weighted by atomic mass is 9.94. The Morgan fingerprint density at radius 2 is 2.00 bits per heavy atom. The molecule has 116 valence electrons. The van der Waals surface area contributed by atoms with Gasteiger partial charge in [0.05, 0.1) is 17.6 Å². The van der Waals surface area contributed by atoms with E-state index < -0.39 is 0 Å². The molecule has 0 amide bonds. The summed E-state index contributed by atoms with van der Waals surface area (Å²) in [5.74, 6) is 0. The topological polar surface area (TPSA) is 54.2 Å². The van der Waals surface area contributed by atoms with Crippen LogP contribution in [0.25, 0.3) is 0 Å². The Balaban J connectivity index is 2.33. The summed E-state index contributed by atoms with van der Waals surface area (Å²) in [4.78, 5) is 6.37. The zero-order chi connectivity index (χ0) is 15.5. The Morgan fingerprint density at radius 1 is 1.33 bits per heavy atom. The minimum Gasteiger partial charge on any atom is -0.379 e. The van der Waals surface area contributed by atoms with E-state index in [-0.39, 0.29) is 5.54 Å². The molecule has 0 unspecified atom stereocenters. The summed E-state index contributed by atoms with van der Waals surface area (Å²) in [5.41, 5.74) is 8.04. The lowest BCUT2D eigenvalue weighted by Crippen LogP contribution is -2.45. The molecule has 0 radical (unpaired) electrons. The normalized spacial score (nSPS) is 16.5. The maximum atomic E-state index is 6.03. The van der Waals surface area contributed by atoms with Gasteiger partial charge in [0.1, 0.15) is 0 Å². The standard InChI is InChI=1S/C16H26N4S/c1-16(2,3)19-13-9-10-18-11-14(13)20(15(17)21)12-7-5-4-6-8-12/h9-12H,4-8H2,1-3H3,(H2,17,21)(H,18,19). The van der Waals surface area contributed by atoms with Crippen molar-refractivity contribution in [1.82, 2.24) is 4.98 Å². The molecule has 5 heteroatoms. The molecule has 1 aromatic heterocycles. The molecule has 0 bridgehead atoms. The summed E-state index contributed by atoms with van der Waals surface area (Å²) in [6.07, 6.45) is 9.74. The number of anilines is 2. The fourth-order valence-corrected chi connectivity index (χ4v) is 3.17. The molecule has 0 aromatic carbocycles. The van der Waals surface area contributed by atoms with Crippen LogP contribution in [0.3, 0.4) is 0 Å². The second-order valence-electron chi connectivity index (χ2n) is 6.77. The molecule has 1 aliphatic rings. The van der Waals surface area contributed by atoms with Gasteiger partial charge in [0, 0.05) is 17.8 Å². The quantitative estimate of drug-likeness (QED) is 0.834. The van der Waals surface area contributed by atoms with Gasteiger partial charge in [0.15, 0.2) is 5.11 Å². The SMILES string of the molecule is CC(C)(C)Nc1ccncc1N(C(N)=S)C1CCCCC1. The summed E-state index contributed by atoms with van der Waals surface area (Å²) in [7, 11) is 0. The molecule has 1 aromatic rings. The number of nitrogens with one attached hydrogen (secondary N) is 1. The zero-order valence-corrected chi connectivity index (χ0v) is 14.0. The third-order valence-electron chi connectivity index (χ3n) is 3.75. The van der Waals surface area contributed by atoms with Crippen LogP contribution in [-0.2, 0) is 0 Å². The van der Waals surface area contributed by atoms with E-state index in [9.17, 15) is 0 Å². The molecule has 1 heterocycles. The average Bonchev–Trinajstić information content (AvgIpc) is 2.40. The van der Waals surface area contributed by atoms with Gasteiger partial charge in [-0.05, 0) is 51.9 Å². The summed E-state index contributed by atoms with van der Waals surface area (Å²) in [5, 5.41) is 3.96. The van der Waals surface area contributed by atoms with E-state index in [0.717, 1.165) is 24.2 Å². The molecule has 0 spiro atoms. The monoisotopic (exact) mass is 306 g/mol. The number of pyridine rings is 1. The van der Waals surface area contributed by atoms with Crippen LogP contribution in [0.5, 0.6) is 0 Å². The number of thiocarbonyl (C=S) groups is 1. The first-order chi connectivity index (χ1) is 9.88. The van der Waals surface area contributed by atoms with Crippen molar-refractivity contribution >= 4 is 28.7 Å². The van der Waals surface area contributed by atoms with Crippen LogP contribution >= 0.6 is 12.2 Å². The maximum absolute atomic E-state index is 6.03. The smallest absolute Gasteiger partial charge is 0.171 e. The van der Waals surface area contributed by atoms with Gasteiger partial charge < -0.3 is 16.0 Å². The molecule has 0 saturated heterocycles. The van der Waals surface area contributed by atoms with Gasteiger partial charge in [0.2, 0.25) is 0 Å². The van der Waals surface area contributed by atoms with Gasteiger partial charge >= 0.3 is 0 Å². The van der Waals surface area contributed by atoms with Crippen LogP contribution in [0.4, 0.5) is 11.4 Å². The van der Waals surface area contributed by atoms with E-state index in [4.69, 9.17) is 18.0 Å². The molecular formula is C16H26N4S. The van der Waals surface area contributed by atoms with Crippen molar-refractivity contribution in [3.8, 4) is 0 Å². The first kappa shape index (κ1) is 16.0. The number of nitrogens with two attached hydrogens (primary N) is 1. The van der Waals surface area contributed by atoms with E-state index in [1.165, 1.54) is 19.3 Å². The Hall–Kier alpha value is -1.36. The molecule has 1 saturated carbocycles. The summed E-state index contributed by atoms with van der Waals surface area (Å²) < 4.78 is 0. The van der Waals surface area contributed by atoms with E-state index >= 15 is 0 Å². The molecule has 2 rings (SSSR count). The van der Waals surface area contributed by atoms with Gasteiger partial charge in [-0.1, -0.05) is 19.3 Å². The summed E-state index contributed by atoms with van der Waals surface area (Å²) in [6, 6.07) is 2.38. The van der Waals surface area contributed by atoms with Gasteiger partial charge in [-0.25, -0.2) is 0 Å². The van der Waals surface area contributed by atoms with E-state index in [2.05, 4.69) is 36.0 Å².